The van der Waals surface area contributed by atoms with Crippen molar-refractivity contribution in [2.24, 2.45) is 0 Å². The molecule has 0 heterocycles. The fourth-order valence-electron chi connectivity index (χ4n) is 3.63. The highest BCUT2D eigenvalue weighted by molar-refractivity contribution is 7.86. The number of hydrogen-bond donors (Lipinski definition) is 0. The monoisotopic (exact) mass is 380 g/mol. The van der Waals surface area contributed by atoms with Crippen LogP contribution in [0.5, 0.6) is 0 Å². The fourth-order valence-corrected chi connectivity index (χ4v) is 9.96. The third-order valence-corrected chi connectivity index (χ3v) is 12.6. The maximum Gasteiger partial charge on any atom is 0.298 e. The van der Waals surface area contributed by atoms with Gasteiger partial charge in [0.2, 0.25) is 0 Å². The molecule has 0 saturated heterocycles. The Morgan fingerprint density at radius 2 is 1.32 bits per heavy atom. The van der Waals surface area contributed by atoms with Crippen molar-refractivity contribution in [3.8, 4) is 11.5 Å². The second-order valence-electron chi connectivity index (χ2n) is 7.67. The molecule has 0 aromatic heterocycles. The first-order valence-electron chi connectivity index (χ1n) is 8.96. The van der Waals surface area contributed by atoms with E-state index in [0.717, 1.165) is 5.56 Å². The van der Waals surface area contributed by atoms with E-state index in [2.05, 4.69) is 53.0 Å². The Kier molecular flexibility index (Phi) is 7.49. The quantitative estimate of drug-likeness (QED) is 0.381. The van der Waals surface area contributed by atoms with Crippen molar-refractivity contribution in [1.29, 1.82) is 0 Å². The van der Waals surface area contributed by atoms with Crippen molar-refractivity contribution in [2.75, 3.05) is 0 Å². The zero-order valence-corrected chi connectivity index (χ0v) is 18.6. The van der Waals surface area contributed by atoms with Crippen LogP contribution in [-0.2, 0) is 14.3 Å². The molecule has 5 heteroatoms. The number of rotatable bonds is 6. The van der Waals surface area contributed by atoms with Crippen LogP contribution in [-0.4, -0.2) is 22.6 Å². The van der Waals surface area contributed by atoms with Crippen molar-refractivity contribution in [1.82, 2.24) is 0 Å². The molecule has 1 aromatic rings. The van der Waals surface area contributed by atoms with Gasteiger partial charge in [-0.25, -0.2) is 0 Å². The Balaban J connectivity index is 3.08. The van der Waals surface area contributed by atoms with Gasteiger partial charge in [-0.2, -0.15) is 8.42 Å². The standard InChI is InChI=1S/C20H32O3SSi/c1-15(2)25(16(3)4,17(5)6)14-13-19(8)23-24(21,22)20-11-9-18(7)10-12-20/h9-12,15-17,19H,1-8H3/t19-/m1/s1. The lowest BCUT2D eigenvalue weighted by molar-refractivity contribution is 0.283. The minimum atomic E-state index is -3.79. The molecule has 0 bridgehead atoms. The minimum Gasteiger partial charge on any atom is -0.250 e. The zero-order valence-electron chi connectivity index (χ0n) is 16.8. The maximum atomic E-state index is 12.4. The largest absolute Gasteiger partial charge is 0.298 e. The van der Waals surface area contributed by atoms with E-state index in [-0.39, 0.29) is 4.90 Å². The smallest absolute Gasteiger partial charge is 0.250 e. The summed E-state index contributed by atoms with van der Waals surface area (Å²) in [5.74, 6) is 3.12. The second kappa shape index (κ2) is 8.53. The van der Waals surface area contributed by atoms with Gasteiger partial charge in [0, 0.05) is 0 Å². The molecule has 0 unspecified atom stereocenters. The van der Waals surface area contributed by atoms with Crippen LogP contribution in [0.1, 0.15) is 54.0 Å². The summed E-state index contributed by atoms with van der Waals surface area (Å²) in [6.45, 7) is 17.0. The van der Waals surface area contributed by atoms with Gasteiger partial charge in [0.1, 0.15) is 14.2 Å². The van der Waals surface area contributed by atoms with Gasteiger partial charge in [-0.15, -0.1) is 5.54 Å². The molecule has 0 aliphatic carbocycles. The predicted molar refractivity (Wildman–Crippen MR) is 108 cm³/mol. The molecule has 0 saturated carbocycles. The second-order valence-corrected chi connectivity index (χ2v) is 14.8. The summed E-state index contributed by atoms with van der Waals surface area (Å²) < 4.78 is 30.1. The average molecular weight is 381 g/mol. The minimum absolute atomic E-state index is 0.173. The van der Waals surface area contributed by atoms with Crippen molar-refractivity contribution < 1.29 is 12.6 Å². The van der Waals surface area contributed by atoms with Crippen molar-refractivity contribution in [3.05, 3.63) is 29.8 Å². The predicted octanol–water partition coefficient (Wildman–Crippen LogP) is 5.31. The molecule has 3 nitrogen and oxygen atoms in total. The van der Waals surface area contributed by atoms with Crippen LogP contribution in [0.2, 0.25) is 16.6 Å². The summed E-state index contributed by atoms with van der Waals surface area (Å²) in [4.78, 5) is 0.173. The maximum absolute atomic E-state index is 12.4. The topological polar surface area (TPSA) is 43.4 Å². The Labute approximate surface area is 155 Å². The van der Waals surface area contributed by atoms with E-state index in [1.807, 2.05) is 6.92 Å². The van der Waals surface area contributed by atoms with Crippen LogP contribution < -0.4 is 0 Å². The molecular formula is C20H32O3SSi. The molecule has 0 fully saturated rings. The van der Waals surface area contributed by atoms with Gasteiger partial charge < -0.3 is 0 Å². The molecule has 1 atom stereocenters. The Morgan fingerprint density at radius 3 is 1.72 bits per heavy atom. The van der Waals surface area contributed by atoms with Gasteiger partial charge in [-0.1, -0.05) is 65.2 Å². The summed E-state index contributed by atoms with van der Waals surface area (Å²) in [7, 11) is -5.68. The van der Waals surface area contributed by atoms with Crippen molar-refractivity contribution >= 4 is 18.2 Å². The molecule has 1 aromatic carbocycles. The van der Waals surface area contributed by atoms with Gasteiger partial charge in [-0.05, 0) is 42.6 Å². The lowest BCUT2D eigenvalue weighted by Crippen LogP contribution is -2.43. The van der Waals surface area contributed by atoms with E-state index in [1.165, 1.54) is 0 Å². The van der Waals surface area contributed by atoms with E-state index in [9.17, 15) is 8.42 Å². The average Bonchev–Trinajstić information content (AvgIpc) is 2.46. The van der Waals surface area contributed by atoms with Gasteiger partial charge >= 0.3 is 0 Å². The molecule has 25 heavy (non-hydrogen) atoms. The normalized spacial score (nSPS) is 13.9. The van der Waals surface area contributed by atoms with E-state index in [1.54, 1.807) is 31.2 Å². The van der Waals surface area contributed by atoms with E-state index < -0.39 is 24.3 Å². The van der Waals surface area contributed by atoms with Crippen LogP contribution in [0.3, 0.4) is 0 Å². The molecular weight excluding hydrogens is 348 g/mol. The van der Waals surface area contributed by atoms with Crippen LogP contribution >= 0.6 is 0 Å². The highest BCUT2D eigenvalue weighted by Gasteiger charge is 2.41. The Morgan fingerprint density at radius 1 is 0.880 bits per heavy atom. The summed E-state index contributed by atoms with van der Waals surface area (Å²) in [6, 6.07) is 6.67. The lowest BCUT2D eigenvalue weighted by Gasteiger charge is -2.38. The van der Waals surface area contributed by atoms with Crippen LogP contribution in [0.4, 0.5) is 0 Å². The first-order valence-corrected chi connectivity index (χ1v) is 12.6. The van der Waals surface area contributed by atoms with E-state index in [0.29, 0.717) is 16.6 Å². The number of benzene rings is 1. The number of hydrogen-bond acceptors (Lipinski definition) is 3. The van der Waals surface area contributed by atoms with Gasteiger partial charge in [0.15, 0.2) is 0 Å². The highest BCUT2D eigenvalue weighted by atomic mass is 32.2. The Hall–Kier alpha value is -1.09. The van der Waals surface area contributed by atoms with Crippen molar-refractivity contribution in [3.63, 3.8) is 0 Å². The Bertz CT molecular complexity index is 701. The molecule has 0 aliphatic rings. The van der Waals surface area contributed by atoms with Crippen LogP contribution in [0.25, 0.3) is 0 Å². The third kappa shape index (κ3) is 5.19. The van der Waals surface area contributed by atoms with Gasteiger partial charge in [-0.3, -0.25) is 4.18 Å². The number of aryl methyl sites for hydroxylation is 1. The third-order valence-electron chi connectivity index (χ3n) is 4.94. The molecule has 140 valence electrons. The van der Waals surface area contributed by atoms with Crippen LogP contribution in [0.15, 0.2) is 29.2 Å². The van der Waals surface area contributed by atoms with E-state index >= 15 is 0 Å². The van der Waals surface area contributed by atoms with Crippen molar-refractivity contribution in [2.45, 2.75) is 83.0 Å². The molecule has 0 aliphatic heterocycles. The SMILES string of the molecule is Cc1ccc(S(=O)(=O)O[C@H](C)C#C[Si](C(C)C)(C(C)C)C(C)C)cc1. The van der Waals surface area contributed by atoms with Gasteiger partial charge in [0.25, 0.3) is 10.1 Å². The zero-order chi connectivity index (χ0) is 19.4. The first kappa shape index (κ1) is 21.9. The molecule has 0 spiro atoms. The fraction of sp³-hybridized carbons (Fsp3) is 0.600. The molecule has 0 N–H and O–H groups in total. The summed E-state index contributed by atoms with van der Waals surface area (Å²) in [5.41, 5.74) is 6.02. The summed E-state index contributed by atoms with van der Waals surface area (Å²) in [5, 5.41) is 0. The van der Waals surface area contributed by atoms with Crippen LogP contribution in [0, 0.1) is 18.4 Å². The first-order chi connectivity index (χ1) is 11.4. The summed E-state index contributed by atoms with van der Waals surface area (Å²) >= 11 is 0. The van der Waals surface area contributed by atoms with E-state index in [4.69, 9.17) is 4.18 Å². The summed E-state index contributed by atoms with van der Waals surface area (Å²) in [6.07, 6.45) is -0.658. The highest BCUT2D eigenvalue weighted by Crippen LogP contribution is 2.40. The lowest BCUT2D eigenvalue weighted by atomic mass is 10.2. The molecule has 0 radical (unpaired) electrons. The van der Waals surface area contributed by atoms with Gasteiger partial charge in [0.05, 0.1) is 4.90 Å². The molecule has 0 amide bonds. The molecule has 1 rings (SSSR count).